The minimum atomic E-state index is 0.123. The summed E-state index contributed by atoms with van der Waals surface area (Å²) < 4.78 is 12.8. The topological polar surface area (TPSA) is 21.7 Å². The summed E-state index contributed by atoms with van der Waals surface area (Å²) in [6.07, 6.45) is 1.88. The van der Waals surface area contributed by atoms with Crippen molar-refractivity contribution in [3.8, 4) is 5.75 Å². The fraction of sp³-hybridized carbons (Fsp3) is 0.300. The lowest BCUT2D eigenvalue weighted by atomic mass is 10.0. The van der Waals surface area contributed by atoms with Crippen LogP contribution in [-0.2, 0) is 11.3 Å². The van der Waals surface area contributed by atoms with Crippen molar-refractivity contribution in [1.82, 2.24) is 0 Å². The van der Waals surface area contributed by atoms with E-state index in [1.54, 1.807) is 6.08 Å². The van der Waals surface area contributed by atoms with Gasteiger partial charge in [0.1, 0.15) is 12.4 Å². The van der Waals surface area contributed by atoms with Gasteiger partial charge in [0.25, 0.3) is 0 Å². The first-order valence-corrected chi connectivity index (χ1v) is 8.95. The quantitative estimate of drug-likeness (QED) is 0.680. The number of halogens is 1. The van der Waals surface area contributed by atoms with Crippen LogP contribution in [0.4, 0.5) is 5.69 Å². The van der Waals surface area contributed by atoms with E-state index in [9.17, 15) is 0 Å². The molecule has 0 bridgehead atoms. The van der Waals surface area contributed by atoms with E-state index < -0.39 is 0 Å². The molecule has 0 N–H and O–H groups in total. The maximum absolute atomic E-state index is 5.99. The number of rotatable bonds is 4. The Morgan fingerprint density at radius 1 is 1.33 bits per heavy atom. The highest BCUT2D eigenvalue weighted by atomic mass is 79.9. The normalized spacial score (nSPS) is 17.6. The van der Waals surface area contributed by atoms with Crippen LogP contribution in [0.5, 0.6) is 5.75 Å². The third-order valence-corrected chi connectivity index (χ3v) is 4.68. The smallest absolute Gasteiger partial charge is 0.121 e. The minimum absolute atomic E-state index is 0.123. The van der Waals surface area contributed by atoms with Gasteiger partial charge in [-0.2, -0.15) is 0 Å². The summed E-state index contributed by atoms with van der Waals surface area (Å²) >= 11 is 3.58. The monoisotopic (exact) mass is 387 g/mol. The van der Waals surface area contributed by atoms with Crippen LogP contribution in [0.3, 0.4) is 0 Å². The standard InChI is InChI=1S/C20H22BrNO2/c1-3-10-24-19-6-4-5-18(13-19)22-9-11-23-15(2)20-8-7-17(21)12-16(20)14-22/h3-8,12-13,15H,1,9-11,14H2,2H3. The molecule has 4 heteroatoms. The van der Waals surface area contributed by atoms with Gasteiger partial charge in [0.2, 0.25) is 0 Å². The molecule has 126 valence electrons. The van der Waals surface area contributed by atoms with E-state index in [0.29, 0.717) is 13.2 Å². The lowest BCUT2D eigenvalue weighted by molar-refractivity contribution is 0.0672. The van der Waals surface area contributed by atoms with Crippen molar-refractivity contribution in [3.63, 3.8) is 0 Å². The predicted molar refractivity (Wildman–Crippen MR) is 102 cm³/mol. The van der Waals surface area contributed by atoms with Crippen LogP contribution >= 0.6 is 15.9 Å². The molecule has 24 heavy (non-hydrogen) atoms. The van der Waals surface area contributed by atoms with Gasteiger partial charge in [0.05, 0.1) is 12.7 Å². The maximum Gasteiger partial charge on any atom is 0.121 e. The molecule has 3 rings (SSSR count). The Hall–Kier alpha value is -1.78. The molecule has 0 aliphatic carbocycles. The first kappa shape index (κ1) is 17.1. The molecule has 1 aliphatic rings. The number of benzene rings is 2. The van der Waals surface area contributed by atoms with Crippen LogP contribution in [0.1, 0.15) is 24.2 Å². The molecule has 2 aromatic rings. The molecule has 0 radical (unpaired) electrons. The van der Waals surface area contributed by atoms with E-state index in [0.717, 1.165) is 29.0 Å². The second-order valence-corrected chi connectivity index (χ2v) is 6.79. The number of ether oxygens (including phenoxy) is 2. The number of fused-ring (bicyclic) bond motifs is 1. The average Bonchev–Trinajstić information content (AvgIpc) is 2.57. The van der Waals surface area contributed by atoms with Crippen LogP contribution in [0.15, 0.2) is 59.6 Å². The molecule has 2 aromatic carbocycles. The maximum atomic E-state index is 5.99. The summed E-state index contributed by atoms with van der Waals surface area (Å²) in [6, 6.07) is 14.6. The Labute approximate surface area is 152 Å². The zero-order chi connectivity index (χ0) is 16.9. The molecule has 0 saturated heterocycles. The number of anilines is 1. The number of nitrogens with zero attached hydrogens (tertiary/aromatic N) is 1. The van der Waals surface area contributed by atoms with Gasteiger partial charge in [-0.3, -0.25) is 0 Å². The third-order valence-electron chi connectivity index (χ3n) is 4.18. The van der Waals surface area contributed by atoms with Crippen LogP contribution in [-0.4, -0.2) is 19.8 Å². The highest BCUT2D eigenvalue weighted by Gasteiger charge is 2.19. The Kier molecular flexibility index (Phi) is 5.59. The lowest BCUT2D eigenvalue weighted by Crippen LogP contribution is -2.30. The van der Waals surface area contributed by atoms with Crippen LogP contribution < -0.4 is 9.64 Å². The predicted octanol–water partition coefficient (Wildman–Crippen LogP) is 5.11. The summed E-state index contributed by atoms with van der Waals surface area (Å²) in [5.41, 5.74) is 3.68. The molecule has 0 fully saturated rings. The van der Waals surface area contributed by atoms with Crippen LogP contribution in [0, 0.1) is 0 Å². The van der Waals surface area contributed by atoms with Crippen molar-refractivity contribution >= 4 is 21.6 Å². The van der Waals surface area contributed by atoms with E-state index in [4.69, 9.17) is 9.47 Å². The second kappa shape index (κ2) is 7.86. The Morgan fingerprint density at radius 3 is 3.04 bits per heavy atom. The third kappa shape index (κ3) is 4.00. The molecule has 0 spiro atoms. The molecule has 0 saturated carbocycles. The van der Waals surface area contributed by atoms with Gasteiger partial charge in [-0.1, -0.05) is 40.7 Å². The molecule has 0 aromatic heterocycles. The van der Waals surface area contributed by atoms with Crippen molar-refractivity contribution in [1.29, 1.82) is 0 Å². The minimum Gasteiger partial charge on any atom is -0.489 e. The van der Waals surface area contributed by atoms with Gasteiger partial charge < -0.3 is 14.4 Å². The summed E-state index contributed by atoms with van der Waals surface area (Å²) in [5, 5.41) is 0. The number of hydrogen-bond acceptors (Lipinski definition) is 3. The SMILES string of the molecule is C=CCOc1cccc(N2CCOC(C)c3ccc(Br)cc3C2)c1. The highest BCUT2D eigenvalue weighted by Crippen LogP contribution is 2.30. The van der Waals surface area contributed by atoms with Crippen molar-refractivity contribution in [2.75, 3.05) is 24.7 Å². The van der Waals surface area contributed by atoms with Crippen molar-refractivity contribution in [3.05, 3.63) is 70.7 Å². The molecule has 1 atom stereocenters. The van der Waals surface area contributed by atoms with E-state index in [-0.39, 0.29) is 6.10 Å². The molecule has 3 nitrogen and oxygen atoms in total. The van der Waals surface area contributed by atoms with E-state index in [1.807, 2.05) is 12.1 Å². The fourth-order valence-electron chi connectivity index (χ4n) is 2.97. The Morgan fingerprint density at radius 2 is 2.21 bits per heavy atom. The van der Waals surface area contributed by atoms with Gasteiger partial charge in [-0.15, -0.1) is 0 Å². The summed E-state index contributed by atoms with van der Waals surface area (Å²) in [6.45, 7) is 8.73. The summed E-state index contributed by atoms with van der Waals surface area (Å²) in [4.78, 5) is 2.33. The summed E-state index contributed by atoms with van der Waals surface area (Å²) in [7, 11) is 0. The molecular formula is C20H22BrNO2. The second-order valence-electron chi connectivity index (χ2n) is 5.87. The highest BCUT2D eigenvalue weighted by molar-refractivity contribution is 9.10. The molecule has 1 heterocycles. The first-order valence-electron chi connectivity index (χ1n) is 8.16. The van der Waals surface area contributed by atoms with Gasteiger partial charge in [0, 0.05) is 29.3 Å². The van der Waals surface area contributed by atoms with Crippen molar-refractivity contribution < 1.29 is 9.47 Å². The van der Waals surface area contributed by atoms with Crippen molar-refractivity contribution in [2.45, 2.75) is 19.6 Å². The van der Waals surface area contributed by atoms with Gasteiger partial charge in [0.15, 0.2) is 0 Å². The Balaban J connectivity index is 1.89. The molecule has 1 unspecified atom stereocenters. The molecule has 0 amide bonds. The van der Waals surface area contributed by atoms with E-state index in [2.05, 4.69) is 64.7 Å². The zero-order valence-electron chi connectivity index (χ0n) is 13.9. The average molecular weight is 388 g/mol. The molecular weight excluding hydrogens is 366 g/mol. The van der Waals surface area contributed by atoms with E-state index in [1.165, 1.54) is 11.1 Å². The first-order chi connectivity index (χ1) is 11.7. The zero-order valence-corrected chi connectivity index (χ0v) is 15.5. The lowest BCUT2D eigenvalue weighted by Gasteiger charge is -2.31. The van der Waals surface area contributed by atoms with Gasteiger partial charge >= 0.3 is 0 Å². The summed E-state index contributed by atoms with van der Waals surface area (Å²) in [5.74, 6) is 0.859. The van der Waals surface area contributed by atoms with Crippen LogP contribution in [0.25, 0.3) is 0 Å². The largest absolute Gasteiger partial charge is 0.489 e. The Bertz CT molecular complexity index is 717. The molecule has 1 aliphatic heterocycles. The fourth-order valence-corrected chi connectivity index (χ4v) is 3.38. The van der Waals surface area contributed by atoms with Gasteiger partial charge in [-0.25, -0.2) is 0 Å². The number of hydrogen-bond donors (Lipinski definition) is 0. The van der Waals surface area contributed by atoms with Crippen molar-refractivity contribution in [2.24, 2.45) is 0 Å². The van der Waals surface area contributed by atoms with E-state index >= 15 is 0 Å². The van der Waals surface area contributed by atoms with Crippen LogP contribution in [0.2, 0.25) is 0 Å². The van der Waals surface area contributed by atoms with Gasteiger partial charge in [-0.05, 0) is 42.3 Å².